The minimum Gasteiger partial charge on any atom is -0.480 e. The quantitative estimate of drug-likeness (QED) is 0.775. The minimum atomic E-state index is -0.982. The van der Waals surface area contributed by atoms with Gasteiger partial charge in [-0.15, -0.1) is 0 Å². The Bertz CT molecular complexity index is 454. The van der Waals surface area contributed by atoms with Gasteiger partial charge in [0, 0.05) is 23.0 Å². The van der Waals surface area contributed by atoms with Crippen molar-refractivity contribution >= 4 is 23.4 Å². The van der Waals surface area contributed by atoms with E-state index in [4.69, 9.17) is 16.7 Å². The molecule has 0 bridgehead atoms. The summed E-state index contributed by atoms with van der Waals surface area (Å²) in [6.45, 7) is 0. The number of hydrogen-bond donors (Lipinski definition) is 2. The van der Waals surface area contributed by atoms with Crippen LogP contribution in [0.3, 0.4) is 0 Å². The van der Waals surface area contributed by atoms with Crippen molar-refractivity contribution in [2.75, 3.05) is 0 Å². The lowest BCUT2D eigenvalue weighted by Gasteiger charge is -2.13. The van der Waals surface area contributed by atoms with Crippen LogP contribution >= 0.6 is 11.6 Å². The molecule has 0 saturated heterocycles. The van der Waals surface area contributed by atoms with Crippen molar-refractivity contribution < 1.29 is 14.7 Å². The SMILES string of the molecule is O=C(C[C@@H](NC1CC1)C(=O)O)c1ccc(Cl)cc1. The first-order chi connectivity index (χ1) is 8.56. The maximum atomic E-state index is 11.9. The molecule has 1 atom stereocenters. The summed E-state index contributed by atoms with van der Waals surface area (Å²) < 4.78 is 0. The summed E-state index contributed by atoms with van der Waals surface area (Å²) >= 11 is 5.73. The Morgan fingerprint density at radius 3 is 2.44 bits per heavy atom. The molecule has 0 radical (unpaired) electrons. The minimum absolute atomic E-state index is 0.0343. The fourth-order valence-corrected chi connectivity index (χ4v) is 1.82. The number of carbonyl (C=O) groups is 2. The van der Waals surface area contributed by atoms with Gasteiger partial charge in [-0.1, -0.05) is 11.6 Å². The highest BCUT2D eigenvalue weighted by Gasteiger charge is 2.29. The Morgan fingerprint density at radius 1 is 1.33 bits per heavy atom. The van der Waals surface area contributed by atoms with Crippen LogP contribution in [0.1, 0.15) is 29.6 Å². The first-order valence-electron chi connectivity index (χ1n) is 5.84. The van der Waals surface area contributed by atoms with E-state index in [0.29, 0.717) is 10.6 Å². The van der Waals surface area contributed by atoms with Crippen LogP contribution in [-0.2, 0) is 4.79 Å². The highest BCUT2D eigenvalue weighted by atomic mass is 35.5. The number of halogens is 1. The predicted octanol–water partition coefficient (Wildman–Crippen LogP) is 2.12. The number of nitrogens with one attached hydrogen (secondary N) is 1. The Labute approximate surface area is 110 Å². The molecule has 5 heteroatoms. The normalized spacial score (nSPS) is 16.3. The van der Waals surface area contributed by atoms with E-state index in [1.54, 1.807) is 24.3 Å². The standard InChI is InChI=1S/C13H14ClNO3/c14-9-3-1-8(2-4-9)12(16)7-11(13(17)18)15-10-5-6-10/h1-4,10-11,15H,5-7H2,(H,17,18)/t11-/m1/s1. The molecule has 0 unspecified atom stereocenters. The fourth-order valence-electron chi connectivity index (χ4n) is 1.69. The van der Waals surface area contributed by atoms with Gasteiger partial charge in [0.2, 0.25) is 0 Å². The maximum Gasteiger partial charge on any atom is 0.321 e. The van der Waals surface area contributed by atoms with Gasteiger partial charge in [-0.25, -0.2) is 0 Å². The highest BCUT2D eigenvalue weighted by molar-refractivity contribution is 6.30. The van der Waals surface area contributed by atoms with E-state index < -0.39 is 12.0 Å². The number of rotatable bonds is 6. The molecule has 1 saturated carbocycles. The molecule has 0 aromatic heterocycles. The van der Waals surface area contributed by atoms with Crippen LogP contribution in [0.25, 0.3) is 0 Å². The lowest BCUT2D eigenvalue weighted by Crippen LogP contribution is -2.39. The van der Waals surface area contributed by atoms with Gasteiger partial charge in [0.25, 0.3) is 0 Å². The van der Waals surface area contributed by atoms with E-state index in [2.05, 4.69) is 5.32 Å². The summed E-state index contributed by atoms with van der Waals surface area (Å²) in [5.41, 5.74) is 0.489. The summed E-state index contributed by atoms with van der Waals surface area (Å²) in [5.74, 6) is -1.17. The van der Waals surface area contributed by atoms with Crippen LogP contribution in [0.2, 0.25) is 5.02 Å². The number of benzene rings is 1. The van der Waals surface area contributed by atoms with E-state index in [9.17, 15) is 9.59 Å². The largest absolute Gasteiger partial charge is 0.480 e. The molecule has 0 heterocycles. The van der Waals surface area contributed by atoms with Gasteiger partial charge in [0.15, 0.2) is 5.78 Å². The first kappa shape index (κ1) is 13.1. The Balaban J connectivity index is 1.99. The monoisotopic (exact) mass is 267 g/mol. The second-order valence-corrected chi connectivity index (χ2v) is 4.90. The van der Waals surface area contributed by atoms with E-state index in [1.807, 2.05) is 0 Å². The molecule has 96 valence electrons. The predicted molar refractivity (Wildman–Crippen MR) is 68.0 cm³/mol. The van der Waals surface area contributed by atoms with Crippen molar-refractivity contribution in [1.82, 2.24) is 5.32 Å². The maximum absolute atomic E-state index is 11.9. The van der Waals surface area contributed by atoms with E-state index in [0.717, 1.165) is 12.8 Å². The van der Waals surface area contributed by atoms with Crippen LogP contribution in [-0.4, -0.2) is 28.9 Å². The second-order valence-electron chi connectivity index (χ2n) is 4.47. The van der Waals surface area contributed by atoms with Crippen molar-refractivity contribution in [3.63, 3.8) is 0 Å². The van der Waals surface area contributed by atoms with Crippen LogP contribution < -0.4 is 5.32 Å². The van der Waals surface area contributed by atoms with Gasteiger partial charge in [-0.05, 0) is 37.1 Å². The molecule has 0 amide bonds. The summed E-state index contributed by atoms with van der Waals surface area (Å²) in [6, 6.07) is 5.92. The molecule has 1 aromatic rings. The van der Waals surface area contributed by atoms with E-state index in [-0.39, 0.29) is 18.2 Å². The average molecular weight is 268 g/mol. The first-order valence-corrected chi connectivity index (χ1v) is 6.21. The van der Waals surface area contributed by atoms with Gasteiger partial charge in [-0.3, -0.25) is 9.59 Å². The zero-order valence-electron chi connectivity index (χ0n) is 9.73. The van der Waals surface area contributed by atoms with Crippen molar-refractivity contribution in [1.29, 1.82) is 0 Å². The lowest BCUT2D eigenvalue weighted by atomic mass is 10.0. The molecule has 0 aliphatic heterocycles. The molecule has 1 aliphatic rings. The van der Waals surface area contributed by atoms with Crippen molar-refractivity contribution in [2.45, 2.75) is 31.3 Å². The van der Waals surface area contributed by atoms with Gasteiger partial charge in [0.1, 0.15) is 6.04 Å². The molecule has 2 N–H and O–H groups in total. The molecule has 0 spiro atoms. The summed E-state index contributed by atoms with van der Waals surface area (Å²) in [4.78, 5) is 23.0. The van der Waals surface area contributed by atoms with Crippen LogP contribution in [0.15, 0.2) is 24.3 Å². The highest BCUT2D eigenvalue weighted by Crippen LogP contribution is 2.20. The number of carbonyl (C=O) groups excluding carboxylic acids is 1. The average Bonchev–Trinajstić information content (AvgIpc) is 3.12. The number of ketones is 1. The number of hydrogen-bond acceptors (Lipinski definition) is 3. The Morgan fingerprint density at radius 2 is 1.94 bits per heavy atom. The third-order valence-electron chi connectivity index (χ3n) is 2.87. The van der Waals surface area contributed by atoms with Crippen LogP contribution in [0.5, 0.6) is 0 Å². The molecule has 1 fully saturated rings. The molecule has 2 rings (SSSR count). The van der Waals surface area contributed by atoms with Crippen molar-refractivity contribution in [3.05, 3.63) is 34.9 Å². The molecule has 1 aromatic carbocycles. The van der Waals surface area contributed by atoms with Gasteiger partial charge in [-0.2, -0.15) is 0 Å². The van der Waals surface area contributed by atoms with E-state index in [1.165, 1.54) is 0 Å². The van der Waals surface area contributed by atoms with Crippen LogP contribution in [0.4, 0.5) is 0 Å². The second kappa shape index (κ2) is 5.50. The zero-order chi connectivity index (χ0) is 13.1. The van der Waals surface area contributed by atoms with Crippen molar-refractivity contribution in [3.8, 4) is 0 Å². The number of Topliss-reactive ketones (excluding diaryl/α,β-unsaturated/α-hetero) is 1. The van der Waals surface area contributed by atoms with Gasteiger partial charge in [0.05, 0.1) is 0 Å². The fraction of sp³-hybridized carbons (Fsp3) is 0.385. The number of aliphatic carboxylic acids is 1. The summed E-state index contributed by atoms with van der Waals surface area (Å²) in [5, 5.41) is 12.6. The smallest absolute Gasteiger partial charge is 0.321 e. The molecule has 4 nitrogen and oxygen atoms in total. The number of carboxylic acid groups (broad SMARTS) is 1. The summed E-state index contributed by atoms with van der Waals surface area (Å²) in [7, 11) is 0. The third-order valence-corrected chi connectivity index (χ3v) is 3.12. The summed E-state index contributed by atoms with van der Waals surface area (Å²) in [6.07, 6.45) is 1.94. The topological polar surface area (TPSA) is 66.4 Å². The van der Waals surface area contributed by atoms with Crippen molar-refractivity contribution in [2.24, 2.45) is 0 Å². The number of carboxylic acids is 1. The zero-order valence-corrected chi connectivity index (χ0v) is 10.5. The molecule has 1 aliphatic carbocycles. The molecular formula is C13H14ClNO3. The molecule has 18 heavy (non-hydrogen) atoms. The lowest BCUT2D eigenvalue weighted by molar-refractivity contribution is -0.139. The third kappa shape index (κ3) is 3.55. The Kier molecular flexibility index (Phi) is 3.99. The van der Waals surface area contributed by atoms with Gasteiger partial charge >= 0.3 is 5.97 Å². The van der Waals surface area contributed by atoms with Gasteiger partial charge < -0.3 is 10.4 Å². The van der Waals surface area contributed by atoms with E-state index >= 15 is 0 Å². The Hall–Kier alpha value is -1.39. The molecular weight excluding hydrogens is 254 g/mol. The van der Waals surface area contributed by atoms with Crippen LogP contribution in [0, 0.1) is 0 Å².